The number of nitrogens with zero attached hydrogens (tertiary/aromatic N) is 3. The maximum Gasteiger partial charge on any atom is 0.259 e. The number of aromatic nitrogens is 5. The molecule has 3 rings (SSSR count). The first-order chi connectivity index (χ1) is 9.45. The van der Waals surface area contributed by atoms with Crippen LogP contribution in [0, 0.1) is 0 Å². The first-order valence-corrected chi connectivity index (χ1v) is 6.36. The number of nitrogens with one attached hydrogen (secondary N) is 2. The molecule has 0 spiro atoms. The summed E-state index contributed by atoms with van der Waals surface area (Å²) in [6.45, 7) is 6.46. The molecule has 0 aliphatic rings. The van der Waals surface area contributed by atoms with Crippen molar-refractivity contribution in [2.75, 3.05) is 0 Å². The standard InChI is InChI=1S/C14H15N5O/c1-14(2,3)9-4-5-11-8(6-9)7-10(13(20)15-11)12-16-18-19-17-12/h4-7H,1-3H3,(H,15,20)(H,16,17,18,19). The number of H-pyrrole nitrogens is 2. The van der Waals surface area contributed by atoms with Crippen LogP contribution in [0.5, 0.6) is 0 Å². The van der Waals surface area contributed by atoms with E-state index in [4.69, 9.17) is 0 Å². The van der Waals surface area contributed by atoms with Crippen LogP contribution in [0.3, 0.4) is 0 Å². The van der Waals surface area contributed by atoms with Crippen LogP contribution in [0.25, 0.3) is 22.3 Å². The molecule has 6 nitrogen and oxygen atoms in total. The molecule has 6 heteroatoms. The fourth-order valence-electron chi connectivity index (χ4n) is 2.12. The summed E-state index contributed by atoms with van der Waals surface area (Å²) in [5.74, 6) is 0.300. The second kappa shape index (κ2) is 4.26. The highest BCUT2D eigenvalue weighted by atomic mass is 16.1. The van der Waals surface area contributed by atoms with Gasteiger partial charge in [0.25, 0.3) is 5.56 Å². The lowest BCUT2D eigenvalue weighted by molar-refractivity contribution is 0.591. The summed E-state index contributed by atoms with van der Waals surface area (Å²) in [5.41, 5.74) is 2.25. The van der Waals surface area contributed by atoms with Gasteiger partial charge >= 0.3 is 0 Å². The number of aromatic amines is 2. The molecule has 0 unspecified atom stereocenters. The average molecular weight is 269 g/mol. The lowest BCUT2D eigenvalue weighted by atomic mass is 9.86. The van der Waals surface area contributed by atoms with Crippen molar-refractivity contribution in [1.29, 1.82) is 0 Å². The Hall–Kier alpha value is -2.50. The monoisotopic (exact) mass is 269 g/mol. The highest BCUT2D eigenvalue weighted by molar-refractivity contribution is 5.83. The van der Waals surface area contributed by atoms with Crippen LogP contribution in [-0.4, -0.2) is 25.6 Å². The smallest absolute Gasteiger partial charge is 0.259 e. The minimum Gasteiger partial charge on any atom is -0.321 e. The van der Waals surface area contributed by atoms with Gasteiger partial charge in [-0.15, -0.1) is 10.2 Å². The van der Waals surface area contributed by atoms with Crippen LogP contribution >= 0.6 is 0 Å². The van der Waals surface area contributed by atoms with E-state index < -0.39 is 0 Å². The quantitative estimate of drug-likeness (QED) is 0.707. The minimum atomic E-state index is -0.220. The van der Waals surface area contributed by atoms with Crippen molar-refractivity contribution in [3.05, 3.63) is 40.2 Å². The molecule has 0 saturated carbocycles. The van der Waals surface area contributed by atoms with Gasteiger partial charge in [0.15, 0.2) is 0 Å². The summed E-state index contributed by atoms with van der Waals surface area (Å²) in [4.78, 5) is 14.9. The number of hydrogen-bond donors (Lipinski definition) is 2. The second-order valence-corrected chi connectivity index (χ2v) is 5.80. The molecule has 0 fully saturated rings. The Kier molecular flexibility index (Phi) is 2.67. The SMILES string of the molecule is CC(C)(C)c1ccc2[nH]c(=O)c(-c3nn[nH]n3)cc2c1. The van der Waals surface area contributed by atoms with Gasteiger partial charge in [0, 0.05) is 5.52 Å². The van der Waals surface area contributed by atoms with Crippen molar-refractivity contribution in [1.82, 2.24) is 25.6 Å². The van der Waals surface area contributed by atoms with E-state index in [9.17, 15) is 4.79 Å². The summed E-state index contributed by atoms with van der Waals surface area (Å²) in [6.07, 6.45) is 0. The molecule has 102 valence electrons. The van der Waals surface area contributed by atoms with E-state index in [-0.39, 0.29) is 11.0 Å². The molecule has 2 heterocycles. The summed E-state index contributed by atoms with van der Waals surface area (Å²) in [7, 11) is 0. The predicted molar refractivity (Wildman–Crippen MR) is 76.4 cm³/mol. The topological polar surface area (TPSA) is 87.3 Å². The minimum absolute atomic E-state index is 0.0522. The Bertz CT molecular complexity index is 812. The van der Waals surface area contributed by atoms with Crippen LogP contribution in [-0.2, 0) is 5.41 Å². The molecule has 0 bridgehead atoms. The third kappa shape index (κ3) is 2.09. The van der Waals surface area contributed by atoms with Crippen molar-refractivity contribution in [2.24, 2.45) is 0 Å². The van der Waals surface area contributed by atoms with E-state index in [2.05, 4.69) is 52.4 Å². The first kappa shape index (κ1) is 12.5. The van der Waals surface area contributed by atoms with Crippen LogP contribution in [0.4, 0.5) is 0 Å². The normalized spacial score (nSPS) is 11.9. The molecule has 1 aromatic carbocycles. The van der Waals surface area contributed by atoms with E-state index in [1.165, 1.54) is 5.56 Å². The number of tetrazole rings is 1. The molecule has 2 N–H and O–H groups in total. The fraction of sp³-hybridized carbons (Fsp3) is 0.286. The zero-order valence-electron chi connectivity index (χ0n) is 11.6. The summed E-state index contributed by atoms with van der Waals surface area (Å²) < 4.78 is 0. The van der Waals surface area contributed by atoms with E-state index in [1.54, 1.807) is 6.07 Å². The van der Waals surface area contributed by atoms with Crippen LogP contribution in [0.1, 0.15) is 26.3 Å². The number of pyridine rings is 1. The number of benzene rings is 1. The van der Waals surface area contributed by atoms with Gasteiger partial charge in [-0.05, 0) is 39.8 Å². The molecule has 0 aliphatic heterocycles. The lowest BCUT2D eigenvalue weighted by Gasteiger charge is -2.19. The molecule has 20 heavy (non-hydrogen) atoms. The molecule has 0 saturated heterocycles. The largest absolute Gasteiger partial charge is 0.321 e. The molecule has 0 radical (unpaired) electrons. The van der Waals surface area contributed by atoms with Gasteiger partial charge in [-0.3, -0.25) is 4.79 Å². The Morgan fingerprint density at radius 1 is 1.15 bits per heavy atom. The fourth-order valence-corrected chi connectivity index (χ4v) is 2.12. The average Bonchev–Trinajstić information content (AvgIpc) is 2.90. The van der Waals surface area contributed by atoms with Gasteiger partial charge in [-0.2, -0.15) is 5.21 Å². The highest BCUT2D eigenvalue weighted by Crippen LogP contribution is 2.26. The van der Waals surface area contributed by atoms with Crippen molar-refractivity contribution in [3.63, 3.8) is 0 Å². The van der Waals surface area contributed by atoms with E-state index in [0.717, 1.165) is 10.9 Å². The van der Waals surface area contributed by atoms with Gasteiger partial charge in [0.2, 0.25) is 5.82 Å². The maximum absolute atomic E-state index is 12.0. The van der Waals surface area contributed by atoms with Crippen molar-refractivity contribution in [3.8, 4) is 11.4 Å². The van der Waals surface area contributed by atoms with Gasteiger partial charge in [-0.25, -0.2) is 0 Å². The third-order valence-electron chi connectivity index (χ3n) is 3.30. The maximum atomic E-state index is 12.0. The molecular formula is C14H15N5O. The summed E-state index contributed by atoms with van der Waals surface area (Å²) in [5, 5.41) is 14.5. The van der Waals surface area contributed by atoms with Crippen molar-refractivity contribution in [2.45, 2.75) is 26.2 Å². The van der Waals surface area contributed by atoms with Crippen LogP contribution in [0.15, 0.2) is 29.1 Å². The number of rotatable bonds is 1. The zero-order chi connectivity index (χ0) is 14.3. The second-order valence-electron chi connectivity index (χ2n) is 5.80. The summed E-state index contributed by atoms with van der Waals surface area (Å²) >= 11 is 0. The van der Waals surface area contributed by atoms with Crippen LogP contribution in [0.2, 0.25) is 0 Å². The van der Waals surface area contributed by atoms with E-state index >= 15 is 0 Å². The predicted octanol–water partition coefficient (Wildman–Crippen LogP) is 2.01. The van der Waals surface area contributed by atoms with Crippen LogP contribution < -0.4 is 5.56 Å². The summed E-state index contributed by atoms with van der Waals surface area (Å²) in [6, 6.07) is 7.84. The molecule has 2 aromatic heterocycles. The Morgan fingerprint density at radius 3 is 2.60 bits per heavy atom. The highest BCUT2D eigenvalue weighted by Gasteiger charge is 2.15. The number of hydrogen-bond acceptors (Lipinski definition) is 4. The Labute approximate surface area is 115 Å². The third-order valence-corrected chi connectivity index (χ3v) is 3.30. The Balaban J connectivity index is 2.25. The zero-order valence-corrected chi connectivity index (χ0v) is 11.6. The van der Waals surface area contributed by atoms with Gasteiger partial charge in [0.05, 0.1) is 5.56 Å². The molecule has 0 aliphatic carbocycles. The van der Waals surface area contributed by atoms with Crippen molar-refractivity contribution >= 4 is 10.9 Å². The lowest BCUT2D eigenvalue weighted by Crippen LogP contribution is -2.12. The Morgan fingerprint density at radius 2 is 1.95 bits per heavy atom. The first-order valence-electron chi connectivity index (χ1n) is 6.36. The molecular weight excluding hydrogens is 254 g/mol. The van der Waals surface area contributed by atoms with Gasteiger partial charge in [-0.1, -0.05) is 26.8 Å². The molecule has 0 amide bonds. The molecule has 3 aromatic rings. The van der Waals surface area contributed by atoms with Gasteiger partial charge in [0.1, 0.15) is 0 Å². The molecule has 0 atom stereocenters. The van der Waals surface area contributed by atoms with Crippen molar-refractivity contribution < 1.29 is 0 Å². The number of fused-ring (bicyclic) bond motifs is 1. The van der Waals surface area contributed by atoms with E-state index in [0.29, 0.717) is 11.4 Å². The van der Waals surface area contributed by atoms with Gasteiger partial charge < -0.3 is 4.98 Å². The van der Waals surface area contributed by atoms with E-state index in [1.807, 2.05) is 12.1 Å².